The van der Waals surface area contributed by atoms with E-state index >= 15 is 0 Å². The molecule has 0 spiro atoms. The van der Waals surface area contributed by atoms with Gasteiger partial charge in [-0.3, -0.25) is 0 Å². The summed E-state index contributed by atoms with van der Waals surface area (Å²) in [6.45, 7) is 12.7. The van der Waals surface area contributed by atoms with Gasteiger partial charge in [-0.2, -0.15) is 0 Å². The van der Waals surface area contributed by atoms with Gasteiger partial charge in [0.1, 0.15) is 0 Å². The van der Waals surface area contributed by atoms with Crippen LogP contribution in [0, 0.1) is 0 Å². The Kier molecular flexibility index (Phi) is 11.6. The Labute approximate surface area is 166 Å². The van der Waals surface area contributed by atoms with E-state index in [1.54, 1.807) is 0 Å². The second-order valence-corrected chi connectivity index (χ2v) is 20.7. The van der Waals surface area contributed by atoms with Gasteiger partial charge in [0.05, 0.1) is 0 Å². The minimum atomic E-state index is -2.59. The Hall–Kier alpha value is -0.511. The third kappa shape index (κ3) is 6.28. The summed E-state index contributed by atoms with van der Waals surface area (Å²) in [5.41, 5.74) is 1.04. The molecule has 0 atom stereocenters. The van der Waals surface area contributed by atoms with Crippen LogP contribution >= 0.6 is 0 Å². The van der Waals surface area contributed by atoms with Crippen LogP contribution in [0.2, 0.25) is 13.3 Å². The first-order chi connectivity index (χ1) is 12.6. The molecule has 0 unspecified atom stereocenters. The minimum absolute atomic E-state index is 0.260. The van der Waals surface area contributed by atoms with Crippen molar-refractivity contribution in [3.63, 3.8) is 0 Å². The SMILES string of the molecule is CCC[CH2][Sn]([CH2]CCC)([CH2]CCC)[c]1ccccc1C(=O)N(CC)CC. The molecular weight excluding hydrogens is 425 g/mol. The van der Waals surface area contributed by atoms with E-state index in [4.69, 9.17) is 0 Å². The molecule has 0 aliphatic carbocycles. The Morgan fingerprint density at radius 2 is 1.27 bits per heavy atom. The Morgan fingerprint density at radius 3 is 1.69 bits per heavy atom. The van der Waals surface area contributed by atoms with Crippen molar-refractivity contribution in [2.24, 2.45) is 0 Å². The predicted molar refractivity (Wildman–Crippen MR) is 118 cm³/mol. The zero-order chi connectivity index (χ0) is 19.4. The number of amides is 1. The van der Waals surface area contributed by atoms with Crippen LogP contribution in [0.5, 0.6) is 0 Å². The number of nitrogens with zero attached hydrogens (tertiary/aromatic N) is 1. The number of carbonyl (C=O) groups excluding carboxylic acids is 1. The molecule has 0 fully saturated rings. The van der Waals surface area contributed by atoms with Crippen molar-refractivity contribution in [3.05, 3.63) is 29.8 Å². The first-order valence-corrected chi connectivity index (χ1v) is 18.5. The summed E-state index contributed by atoms with van der Waals surface area (Å²) < 4.78 is 5.75. The summed E-state index contributed by atoms with van der Waals surface area (Å²) in [5.74, 6) is 0.260. The van der Waals surface area contributed by atoms with Crippen LogP contribution in [0.15, 0.2) is 24.3 Å². The quantitative estimate of drug-likeness (QED) is 0.316. The van der Waals surface area contributed by atoms with Gasteiger partial charge in [-0.25, -0.2) is 0 Å². The monoisotopic (exact) mass is 467 g/mol. The van der Waals surface area contributed by atoms with Crippen LogP contribution in [0.1, 0.15) is 83.5 Å². The number of benzene rings is 1. The molecule has 0 aliphatic rings. The van der Waals surface area contributed by atoms with E-state index in [0.29, 0.717) is 0 Å². The van der Waals surface area contributed by atoms with Crippen molar-refractivity contribution < 1.29 is 4.79 Å². The molecule has 0 aliphatic heterocycles. The van der Waals surface area contributed by atoms with Gasteiger partial charge < -0.3 is 0 Å². The summed E-state index contributed by atoms with van der Waals surface area (Å²) in [6.07, 6.45) is 7.79. The zero-order valence-electron chi connectivity index (χ0n) is 17.9. The van der Waals surface area contributed by atoms with Crippen LogP contribution in [0.3, 0.4) is 0 Å². The van der Waals surface area contributed by atoms with Gasteiger partial charge in [0.15, 0.2) is 0 Å². The van der Waals surface area contributed by atoms with Crippen LogP contribution < -0.4 is 3.58 Å². The molecule has 1 aromatic rings. The zero-order valence-corrected chi connectivity index (χ0v) is 20.8. The molecule has 0 radical (unpaired) electrons. The number of hydrogen-bond acceptors (Lipinski definition) is 1. The molecule has 2 nitrogen and oxygen atoms in total. The van der Waals surface area contributed by atoms with Crippen molar-refractivity contribution in [1.82, 2.24) is 4.90 Å². The van der Waals surface area contributed by atoms with Crippen LogP contribution in [0.25, 0.3) is 0 Å². The first kappa shape index (κ1) is 23.5. The molecule has 3 heteroatoms. The van der Waals surface area contributed by atoms with Crippen molar-refractivity contribution >= 4 is 27.9 Å². The number of hydrogen-bond donors (Lipinski definition) is 0. The van der Waals surface area contributed by atoms with Crippen LogP contribution in [-0.2, 0) is 0 Å². The van der Waals surface area contributed by atoms with E-state index in [1.807, 2.05) is 4.90 Å². The molecule has 1 rings (SSSR count). The number of unbranched alkanes of at least 4 members (excludes halogenated alkanes) is 3. The van der Waals surface area contributed by atoms with Crippen LogP contribution in [0.4, 0.5) is 0 Å². The normalized spacial score (nSPS) is 11.6. The molecule has 1 amide bonds. The standard InChI is InChI=1S/C11H14NO.3C4H9.Sn/c1-3-12(4-2)11(13)10-8-6-5-7-9-10;3*1-3-4-2;/h5-8H,3-4H2,1-2H3;3*1,3-4H2,2H3;. The average Bonchev–Trinajstić information content (AvgIpc) is 2.68. The van der Waals surface area contributed by atoms with Gasteiger partial charge in [0, 0.05) is 0 Å². The fraction of sp³-hybridized carbons (Fsp3) is 0.696. The summed E-state index contributed by atoms with van der Waals surface area (Å²) in [6, 6.07) is 8.71. The molecule has 0 saturated carbocycles. The summed E-state index contributed by atoms with van der Waals surface area (Å²) in [4.78, 5) is 15.3. The maximum absolute atomic E-state index is 13.3. The van der Waals surface area contributed by atoms with Crippen molar-refractivity contribution in [3.8, 4) is 0 Å². The van der Waals surface area contributed by atoms with Crippen molar-refractivity contribution in [2.75, 3.05) is 13.1 Å². The average molecular weight is 466 g/mol. The summed E-state index contributed by atoms with van der Waals surface area (Å²) >= 11 is -2.59. The molecule has 1 aromatic carbocycles. The summed E-state index contributed by atoms with van der Waals surface area (Å²) in [5, 5.41) is 0. The second-order valence-electron chi connectivity index (χ2n) is 7.61. The third-order valence-electron chi connectivity index (χ3n) is 5.81. The molecule has 0 heterocycles. The fourth-order valence-corrected chi connectivity index (χ4v) is 20.9. The van der Waals surface area contributed by atoms with Gasteiger partial charge >= 0.3 is 167 Å². The fourth-order valence-electron chi connectivity index (χ4n) is 4.14. The van der Waals surface area contributed by atoms with Crippen LogP contribution in [-0.4, -0.2) is 42.3 Å². The van der Waals surface area contributed by atoms with Crippen molar-refractivity contribution in [2.45, 2.75) is 86.5 Å². The maximum atomic E-state index is 13.3. The van der Waals surface area contributed by atoms with Gasteiger partial charge in [0.25, 0.3) is 0 Å². The van der Waals surface area contributed by atoms with Gasteiger partial charge in [-0.15, -0.1) is 0 Å². The molecule has 0 N–H and O–H groups in total. The third-order valence-corrected chi connectivity index (χ3v) is 21.5. The van der Waals surface area contributed by atoms with Gasteiger partial charge in [0.2, 0.25) is 0 Å². The Morgan fingerprint density at radius 1 is 0.808 bits per heavy atom. The number of rotatable bonds is 13. The molecule has 0 aromatic heterocycles. The summed E-state index contributed by atoms with van der Waals surface area (Å²) in [7, 11) is 0. The van der Waals surface area contributed by atoms with E-state index in [-0.39, 0.29) is 5.91 Å². The molecule has 0 saturated heterocycles. The van der Waals surface area contributed by atoms with E-state index in [1.165, 1.54) is 55.4 Å². The topological polar surface area (TPSA) is 20.3 Å². The molecule has 0 bridgehead atoms. The Bertz CT molecular complexity index is 503. The molecular formula is C23H41NOSn. The Balaban J connectivity index is 3.40. The van der Waals surface area contributed by atoms with Crippen molar-refractivity contribution in [1.29, 1.82) is 0 Å². The first-order valence-electron chi connectivity index (χ1n) is 11.0. The predicted octanol–water partition coefficient (Wildman–Crippen LogP) is 6.22. The molecule has 26 heavy (non-hydrogen) atoms. The number of carbonyl (C=O) groups is 1. The van der Waals surface area contributed by atoms with E-state index in [0.717, 1.165) is 18.7 Å². The second kappa shape index (κ2) is 12.8. The molecule has 148 valence electrons. The van der Waals surface area contributed by atoms with E-state index in [2.05, 4.69) is 58.9 Å². The van der Waals surface area contributed by atoms with Gasteiger partial charge in [-0.1, -0.05) is 0 Å². The van der Waals surface area contributed by atoms with E-state index in [9.17, 15) is 4.79 Å². The van der Waals surface area contributed by atoms with Gasteiger partial charge in [-0.05, 0) is 0 Å². The van der Waals surface area contributed by atoms with E-state index < -0.39 is 18.4 Å².